The quantitative estimate of drug-likeness (QED) is 0.182. The number of epoxide rings is 1. The lowest BCUT2D eigenvalue weighted by Gasteiger charge is -2.32. The molecule has 2 aliphatic carbocycles. The van der Waals surface area contributed by atoms with E-state index in [4.69, 9.17) is 10.3 Å². The Morgan fingerprint density at radius 3 is 1.93 bits per heavy atom. The first-order valence-corrected chi connectivity index (χ1v) is 9.80. The molecule has 0 unspecified atom stereocenters. The largest absolute Gasteiger partial charge is 0.390 e. The van der Waals surface area contributed by atoms with Crippen LogP contribution < -0.4 is 0 Å². The minimum atomic E-state index is -0.958. The minimum absolute atomic E-state index is 0. The summed E-state index contributed by atoms with van der Waals surface area (Å²) >= 11 is 0. The van der Waals surface area contributed by atoms with Gasteiger partial charge in [0.1, 0.15) is 6.10 Å². The van der Waals surface area contributed by atoms with Crippen molar-refractivity contribution in [1.82, 2.24) is 0 Å². The van der Waals surface area contributed by atoms with Crippen LogP contribution >= 0.6 is 27.0 Å². The Morgan fingerprint density at radius 2 is 1.55 bits per heavy atom. The standard InChI is InChI=1S/C10H17N3O2.C10H16O2.2H2S/c1-3-5-10(4-2)6-7(12-13-11)8(14)9(10)15;1-3-5-10(4-2)6-7-8(12-7)9(10)11;;/h3,7-9,14-15H,1,4-6H2,2H3;3,7-9,11H,1,4-6H2,2H3;2*1H2/t7-,8+,9+,10+;7-,8-,9-,10-;;/m10../s1. The van der Waals surface area contributed by atoms with Gasteiger partial charge in [-0.1, -0.05) is 31.1 Å². The van der Waals surface area contributed by atoms with Gasteiger partial charge < -0.3 is 20.1 Å². The van der Waals surface area contributed by atoms with Gasteiger partial charge in [-0.25, -0.2) is 0 Å². The van der Waals surface area contributed by atoms with Gasteiger partial charge in [-0.2, -0.15) is 27.0 Å². The average Bonchev–Trinajstić information content (AvgIpc) is 3.32. The minimum Gasteiger partial charge on any atom is -0.390 e. The fourth-order valence-corrected chi connectivity index (χ4v) is 4.85. The lowest BCUT2D eigenvalue weighted by molar-refractivity contribution is -0.0243. The summed E-state index contributed by atoms with van der Waals surface area (Å²) in [5.74, 6) is 0. The first-order chi connectivity index (χ1) is 12.8. The molecule has 1 saturated heterocycles. The molecule has 0 amide bonds. The summed E-state index contributed by atoms with van der Waals surface area (Å²) in [4.78, 5) is 2.69. The van der Waals surface area contributed by atoms with Gasteiger partial charge in [-0.15, -0.1) is 13.2 Å². The number of fused-ring (bicyclic) bond motifs is 1. The van der Waals surface area contributed by atoms with Gasteiger partial charge in [-0.05, 0) is 44.1 Å². The molecule has 29 heavy (non-hydrogen) atoms. The molecule has 2 saturated carbocycles. The fourth-order valence-electron chi connectivity index (χ4n) is 4.85. The van der Waals surface area contributed by atoms with E-state index in [1.54, 1.807) is 6.08 Å². The Labute approximate surface area is 187 Å². The smallest absolute Gasteiger partial charge is 0.111 e. The molecule has 0 bridgehead atoms. The molecule has 8 atom stereocenters. The summed E-state index contributed by atoms with van der Waals surface area (Å²) in [6, 6.07) is -0.523. The van der Waals surface area contributed by atoms with Gasteiger partial charge >= 0.3 is 0 Å². The summed E-state index contributed by atoms with van der Waals surface area (Å²) in [6.45, 7) is 11.5. The van der Waals surface area contributed by atoms with E-state index in [-0.39, 0.29) is 50.0 Å². The van der Waals surface area contributed by atoms with Crippen molar-refractivity contribution in [1.29, 1.82) is 0 Å². The number of ether oxygens (including phenoxy) is 1. The number of aliphatic hydroxyl groups excluding tert-OH is 3. The van der Waals surface area contributed by atoms with Crippen LogP contribution in [-0.4, -0.2) is 51.9 Å². The van der Waals surface area contributed by atoms with E-state index in [0.717, 1.165) is 25.7 Å². The molecule has 0 spiro atoms. The highest BCUT2D eigenvalue weighted by Gasteiger charge is 2.61. The topological polar surface area (TPSA) is 122 Å². The van der Waals surface area contributed by atoms with Gasteiger partial charge in [0.2, 0.25) is 0 Å². The van der Waals surface area contributed by atoms with E-state index in [0.29, 0.717) is 18.9 Å². The number of azide groups is 1. The third kappa shape index (κ3) is 5.53. The van der Waals surface area contributed by atoms with Crippen LogP contribution in [0.5, 0.6) is 0 Å². The van der Waals surface area contributed by atoms with E-state index >= 15 is 0 Å². The molecule has 3 N–H and O–H groups in total. The Kier molecular flexibility index (Phi) is 11.4. The van der Waals surface area contributed by atoms with Crippen LogP contribution in [-0.2, 0) is 4.74 Å². The third-order valence-electron chi connectivity index (χ3n) is 6.84. The van der Waals surface area contributed by atoms with Crippen molar-refractivity contribution >= 4 is 27.0 Å². The van der Waals surface area contributed by atoms with E-state index in [1.165, 1.54) is 0 Å². The molecule has 0 aromatic rings. The van der Waals surface area contributed by atoms with Crippen molar-refractivity contribution in [3.63, 3.8) is 0 Å². The van der Waals surface area contributed by atoms with E-state index in [9.17, 15) is 15.3 Å². The van der Waals surface area contributed by atoms with Gasteiger partial charge in [-0.3, -0.25) is 0 Å². The summed E-state index contributed by atoms with van der Waals surface area (Å²) in [5, 5.41) is 33.1. The van der Waals surface area contributed by atoms with Crippen LogP contribution in [0.25, 0.3) is 10.4 Å². The molecule has 0 aromatic carbocycles. The second-order valence-corrected chi connectivity index (χ2v) is 8.12. The highest BCUT2D eigenvalue weighted by molar-refractivity contribution is 7.59. The molecule has 3 fully saturated rings. The summed E-state index contributed by atoms with van der Waals surface area (Å²) in [6.07, 6.45) is 6.91. The van der Waals surface area contributed by atoms with Crippen molar-refractivity contribution in [2.75, 3.05) is 0 Å². The number of nitrogens with zero attached hydrogens (tertiary/aromatic N) is 3. The zero-order valence-corrected chi connectivity index (χ0v) is 19.4. The SMILES string of the molecule is C=CC[C@@]1(CC)C[C@@H](N=[N+]=[N-])[C@H](O)[C@@H]1O.C=CC[C@@]1(CC)C[C@@H]2O[C@@H]2[C@@H]1O.S.S. The Bertz CT molecular complexity index is 604. The first-order valence-electron chi connectivity index (χ1n) is 9.80. The molecule has 3 aliphatic rings. The number of aliphatic hydroxyl groups is 3. The van der Waals surface area contributed by atoms with Crippen LogP contribution in [0.15, 0.2) is 30.4 Å². The highest BCUT2D eigenvalue weighted by atomic mass is 32.1. The summed E-state index contributed by atoms with van der Waals surface area (Å²) < 4.78 is 5.28. The monoisotopic (exact) mass is 447 g/mol. The third-order valence-corrected chi connectivity index (χ3v) is 6.84. The van der Waals surface area contributed by atoms with E-state index in [2.05, 4.69) is 30.1 Å². The molecule has 3 rings (SSSR count). The molecule has 1 heterocycles. The fraction of sp³-hybridized carbons (Fsp3) is 0.800. The van der Waals surface area contributed by atoms with Crippen LogP contribution in [0.2, 0.25) is 0 Å². The highest BCUT2D eigenvalue weighted by Crippen LogP contribution is 2.53. The lowest BCUT2D eigenvalue weighted by atomic mass is 9.77. The Balaban J connectivity index is 0.000000514. The molecule has 9 heteroatoms. The molecule has 168 valence electrons. The number of rotatable bonds is 7. The number of allylic oxidation sites excluding steroid dienone is 2. The van der Waals surface area contributed by atoms with Gasteiger partial charge in [0.25, 0.3) is 0 Å². The Morgan fingerprint density at radius 1 is 1.03 bits per heavy atom. The van der Waals surface area contributed by atoms with E-state index < -0.39 is 18.2 Å². The number of hydrogen-bond acceptors (Lipinski definition) is 5. The molecule has 0 aromatic heterocycles. The van der Waals surface area contributed by atoms with Gasteiger partial charge in [0, 0.05) is 15.7 Å². The van der Waals surface area contributed by atoms with Crippen LogP contribution in [0.4, 0.5) is 0 Å². The molecule has 0 radical (unpaired) electrons. The molecule has 7 nitrogen and oxygen atoms in total. The summed E-state index contributed by atoms with van der Waals surface area (Å²) in [5.41, 5.74) is 8.04. The predicted octanol–water partition coefficient (Wildman–Crippen LogP) is 3.48. The summed E-state index contributed by atoms with van der Waals surface area (Å²) in [7, 11) is 0. The van der Waals surface area contributed by atoms with Crippen LogP contribution in [0.1, 0.15) is 52.4 Å². The van der Waals surface area contributed by atoms with Crippen molar-refractivity contribution < 1.29 is 20.1 Å². The van der Waals surface area contributed by atoms with Gasteiger partial charge in [0.05, 0.1) is 30.5 Å². The maximum absolute atomic E-state index is 9.96. The molecule has 1 aliphatic heterocycles. The molecular formula is C20H37N3O4S2. The number of hydrogen-bond donors (Lipinski definition) is 3. The molecular weight excluding hydrogens is 410 g/mol. The van der Waals surface area contributed by atoms with Crippen molar-refractivity contribution in [2.45, 2.75) is 88.9 Å². The lowest BCUT2D eigenvalue weighted by Crippen LogP contribution is -2.36. The Hall–Kier alpha value is -0.670. The van der Waals surface area contributed by atoms with Crippen molar-refractivity contribution in [3.8, 4) is 0 Å². The van der Waals surface area contributed by atoms with Crippen LogP contribution in [0, 0.1) is 10.8 Å². The maximum Gasteiger partial charge on any atom is 0.111 e. The second-order valence-electron chi connectivity index (χ2n) is 8.12. The van der Waals surface area contributed by atoms with E-state index in [1.807, 2.05) is 13.0 Å². The normalized spacial score (nSPS) is 41.4. The first kappa shape index (κ1) is 28.3. The maximum atomic E-state index is 9.96. The van der Waals surface area contributed by atoms with Crippen molar-refractivity contribution in [3.05, 3.63) is 35.8 Å². The zero-order valence-electron chi connectivity index (χ0n) is 17.4. The average molecular weight is 448 g/mol. The predicted molar refractivity (Wildman–Crippen MR) is 125 cm³/mol. The van der Waals surface area contributed by atoms with Crippen molar-refractivity contribution in [2.24, 2.45) is 15.9 Å². The second kappa shape index (κ2) is 11.6. The van der Waals surface area contributed by atoms with Crippen LogP contribution in [0.3, 0.4) is 0 Å². The zero-order chi connectivity index (χ0) is 20.2. The van der Waals surface area contributed by atoms with Gasteiger partial charge in [0.15, 0.2) is 0 Å².